The lowest BCUT2D eigenvalue weighted by Crippen LogP contribution is -2.10. The molecular weight excluding hydrogens is 512 g/mol. The number of nitro benzene ring substituents is 4. The minimum Gasteiger partial charge on any atom is -0.479 e. The van der Waals surface area contributed by atoms with Gasteiger partial charge in [-0.05, 0) is 0 Å². The monoisotopic (exact) mass is 524 g/mol. The topological polar surface area (TPSA) is 304 Å². The third kappa shape index (κ3) is 6.09. The molecule has 0 amide bonds. The van der Waals surface area contributed by atoms with Crippen molar-refractivity contribution >= 4 is 40.4 Å². The van der Waals surface area contributed by atoms with E-state index in [2.05, 4.69) is 20.7 Å². The van der Waals surface area contributed by atoms with Crippen molar-refractivity contribution in [2.75, 3.05) is 13.2 Å². The van der Waals surface area contributed by atoms with Crippen molar-refractivity contribution in [2.24, 2.45) is 11.1 Å². The second kappa shape index (κ2) is 11.2. The molecule has 0 saturated heterocycles. The van der Waals surface area contributed by atoms with Crippen LogP contribution >= 0.6 is 0 Å². The van der Waals surface area contributed by atoms with Gasteiger partial charge in [0, 0.05) is 23.3 Å². The molecule has 0 radical (unpaired) electrons. The van der Waals surface area contributed by atoms with E-state index in [0.29, 0.717) is 12.1 Å². The maximum atomic E-state index is 11.6. The van der Waals surface area contributed by atoms with Crippen molar-refractivity contribution in [3.05, 3.63) is 75.8 Å². The number of nitrogens with two attached hydrogens (primary N) is 1. The van der Waals surface area contributed by atoms with Crippen molar-refractivity contribution in [1.29, 1.82) is 0 Å². The SMILES string of the molecule is NOCC(=O)O.O=C(O)CON=C1c2cc([N+](=O)[O-])cc([N+](=O)[O-])c2-c2c1cc([N+](=O)[O-])cc2[N+](=O)[O-]. The number of oxime groups is 1. The first-order valence-corrected chi connectivity index (χ1v) is 9.20. The maximum Gasteiger partial charge on any atom is 0.344 e. The number of carbonyl (C=O) groups is 2. The first kappa shape index (κ1) is 27.6. The number of aliphatic carboxylic acids is 2. The van der Waals surface area contributed by atoms with Gasteiger partial charge in [0.05, 0.1) is 43.0 Å². The van der Waals surface area contributed by atoms with Gasteiger partial charge in [-0.15, -0.1) is 0 Å². The van der Waals surface area contributed by atoms with Gasteiger partial charge in [-0.25, -0.2) is 15.5 Å². The highest BCUT2D eigenvalue weighted by atomic mass is 16.6. The fraction of sp³-hybridized carbons (Fsp3) is 0.118. The largest absolute Gasteiger partial charge is 0.479 e. The summed E-state index contributed by atoms with van der Waals surface area (Å²) in [5, 5.41) is 65.5. The standard InChI is InChI=1S/C15H7N5O11.C2H5NO3/c21-12(22)5-31-16-15-8-1-6(17(23)24)3-10(19(27)28)13(8)14-9(15)2-7(18(25)26)4-11(14)20(29)30;3-6-1-2(4)5/h1-4H,5H2,(H,21,22);1,3H2,(H,4,5). The van der Waals surface area contributed by atoms with Gasteiger partial charge in [0.25, 0.3) is 22.7 Å². The van der Waals surface area contributed by atoms with E-state index in [0.717, 1.165) is 12.1 Å². The van der Waals surface area contributed by atoms with Gasteiger partial charge < -0.3 is 15.1 Å². The second-order valence-corrected chi connectivity index (χ2v) is 6.62. The lowest BCUT2D eigenvalue weighted by atomic mass is 10.0. The summed E-state index contributed by atoms with van der Waals surface area (Å²) in [4.78, 5) is 70.0. The molecule has 0 heterocycles. The third-order valence-electron chi connectivity index (χ3n) is 4.33. The Kier molecular flexibility index (Phi) is 8.36. The van der Waals surface area contributed by atoms with E-state index in [9.17, 15) is 50.0 Å². The molecule has 0 atom stereocenters. The molecule has 0 aliphatic heterocycles. The number of benzene rings is 2. The molecule has 20 heteroatoms. The van der Waals surface area contributed by atoms with Crippen LogP contribution in [0, 0.1) is 40.5 Å². The second-order valence-electron chi connectivity index (χ2n) is 6.62. The van der Waals surface area contributed by atoms with E-state index in [1.54, 1.807) is 0 Å². The van der Waals surface area contributed by atoms with Crippen LogP contribution in [-0.2, 0) is 19.3 Å². The Morgan fingerprint density at radius 3 is 1.43 bits per heavy atom. The molecule has 37 heavy (non-hydrogen) atoms. The van der Waals surface area contributed by atoms with E-state index in [4.69, 9.17) is 10.2 Å². The van der Waals surface area contributed by atoms with Crippen LogP contribution in [0.3, 0.4) is 0 Å². The predicted molar refractivity (Wildman–Crippen MR) is 115 cm³/mol. The van der Waals surface area contributed by atoms with Gasteiger partial charge >= 0.3 is 11.9 Å². The van der Waals surface area contributed by atoms with Gasteiger partial charge in [0.1, 0.15) is 5.71 Å². The highest BCUT2D eigenvalue weighted by molar-refractivity contribution is 6.27. The lowest BCUT2D eigenvalue weighted by molar-refractivity contribution is -0.395. The van der Waals surface area contributed by atoms with Crippen molar-refractivity contribution < 1.29 is 49.2 Å². The first-order valence-electron chi connectivity index (χ1n) is 9.20. The molecule has 0 fully saturated rings. The summed E-state index contributed by atoms with van der Waals surface area (Å²) in [7, 11) is 0. The van der Waals surface area contributed by atoms with Gasteiger partial charge in [-0.3, -0.25) is 45.3 Å². The molecule has 194 valence electrons. The number of non-ortho nitro benzene ring substituents is 2. The zero-order chi connectivity index (χ0) is 28.0. The number of nitro groups is 4. The molecule has 0 saturated carbocycles. The number of carboxylic acid groups (broad SMARTS) is 2. The molecule has 4 N–H and O–H groups in total. The molecule has 1 aliphatic rings. The van der Waals surface area contributed by atoms with Crippen LogP contribution in [0.2, 0.25) is 0 Å². The minimum absolute atomic E-state index is 0.357. The van der Waals surface area contributed by atoms with E-state index in [1.165, 1.54) is 0 Å². The Bertz CT molecular complexity index is 1290. The summed E-state index contributed by atoms with van der Waals surface area (Å²) in [5.74, 6) is 1.83. The Hall–Kier alpha value is -5.63. The Morgan fingerprint density at radius 2 is 1.16 bits per heavy atom. The fourth-order valence-electron chi connectivity index (χ4n) is 3.09. The molecule has 20 nitrogen and oxygen atoms in total. The summed E-state index contributed by atoms with van der Waals surface area (Å²) >= 11 is 0. The van der Waals surface area contributed by atoms with Crippen LogP contribution < -0.4 is 5.90 Å². The van der Waals surface area contributed by atoms with Crippen molar-refractivity contribution in [2.45, 2.75) is 0 Å². The molecule has 2 aromatic rings. The van der Waals surface area contributed by atoms with Crippen molar-refractivity contribution in [3.8, 4) is 11.1 Å². The predicted octanol–water partition coefficient (Wildman–Crippen LogP) is 1.11. The quantitative estimate of drug-likeness (QED) is 0.261. The molecule has 0 unspecified atom stereocenters. The van der Waals surface area contributed by atoms with Crippen LogP contribution in [0.4, 0.5) is 22.7 Å². The number of nitrogens with zero attached hydrogens (tertiary/aromatic N) is 5. The lowest BCUT2D eigenvalue weighted by Gasteiger charge is -2.03. The third-order valence-corrected chi connectivity index (χ3v) is 4.33. The maximum absolute atomic E-state index is 11.6. The Balaban J connectivity index is 0.000000717. The smallest absolute Gasteiger partial charge is 0.344 e. The number of hydrogen-bond acceptors (Lipinski definition) is 14. The summed E-state index contributed by atoms with van der Waals surface area (Å²) in [6.07, 6.45) is 0. The molecule has 0 bridgehead atoms. The van der Waals surface area contributed by atoms with Crippen molar-refractivity contribution in [1.82, 2.24) is 0 Å². The zero-order valence-electron chi connectivity index (χ0n) is 17.8. The summed E-state index contributed by atoms with van der Waals surface area (Å²) in [6.45, 7) is -1.41. The van der Waals surface area contributed by atoms with E-state index in [-0.39, 0.29) is 11.1 Å². The average Bonchev–Trinajstić information content (AvgIpc) is 3.11. The summed E-state index contributed by atoms with van der Waals surface area (Å²) in [6, 6.07) is 2.80. The molecule has 0 aromatic heterocycles. The average molecular weight is 524 g/mol. The molecule has 2 aromatic carbocycles. The fourth-order valence-corrected chi connectivity index (χ4v) is 3.09. The van der Waals surface area contributed by atoms with Crippen LogP contribution in [0.15, 0.2) is 29.4 Å². The number of carboxylic acids is 2. The van der Waals surface area contributed by atoms with Gasteiger partial charge in [-0.2, -0.15) is 0 Å². The highest BCUT2D eigenvalue weighted by Gasteiger charge is 2.41. The number of hydrogen-bond donors (Lipinski definition) is 3. The normalized spacial score (nSPS) is 10.8. The first-order chi connectivity index (χ1) is 17.3. The Morgan fingerprint density at radius 1 is 0.757 bits per heavy atom. The summed E-state index contributed by atoms with van der Waals surface area (Å²) < 4.78 is 0. The minimum atomic E-state index is -1.46. The molecule has 3 rings (SSSR count). The van der Waals surface area contributed by atoms with E-state index in [1.807, 2.05) is 0 Å². The van der Waals surface area contributed by atoms with Crippen LogP contribution in [-0.4, -0.2) is 60.8 Å². The Labute approximate surface area is 201 Å². The zero-order valence-corrected chi connectivity index (χ0v) is 17.8. The van der Waals surface area contributed by atoms with Crippen LogP contribution in [0.5, 0.6) is 0 Å². The molecule has 1 aliphatic carbocycles. The molecule has 0 spiro atoms. The number of rotatable bonds is 9. The molecular formula is C17H12N6O14. The summed E-state index contributed by atoms with van der Waals surface area (Å²) in [5.41, 5.74) is -5.35. The van der Waals surface area contributed by atoms with Crippen molar-refractivity contribution in [3.63, 3.8) is 0 Å². The highest BCUT2D eigenvalue weighted by Crippen LogP contribution is 2.50. The van der Waals surface area contributed by atoms with E-state index >= 15 is 0 Å². The van der Waals surface area contributed by atoms with E-state index < -0.39 is 84.4 Å². The van der Waals surface area contributed by atoms with Gasteiger partial charge in [-0.1, -0.05) is 5.16 Å². The van der Waals surface area contributed by atoms with Gasteiger partial charge in [0.2, 0.25) is 6.61 Å². The van der Waals surface area contributed by atoms with Crippen LogP contribution in [0.25, 0.3) is 11.1 Å². The number of fused-ring (bicyclic) bond motifs is 3. The van der Waals surface area contributed by atoms with Gasteiger partial charge in [0.15, 0.2) is 6.61 Å². The van der Waals surface area contributed by atoms with Crippen LogP contribution in [0.1, 0.15) is 11.1 Å².